The van der Waals surface area contributed by atoms with E-state index in [0.29, 0.717) is 5.92 Å². The van der Waals surface area contributed by atoms with E-state index in [-0.39, 0.29) is 23.5 Å². The Morgan fingerprint density at radius 3 is 2.03 bits per heavy atom. The predicted molar refractivity (Wildman–Crippen MR) is 109 cm³/mol. The molecule has 2 bridgehead atoms. The molecule has 6 N–H and O–H groups in total. The maximum Gasteiger partial charge on any atom is 0.186 e. The third-order valence-corrected chi connectivity index (χ3v) is 8.91. The van der Waals surface area contributed by atoms with Gasteiger partial charge in [0, 0.05) is 0 Å². The van der Waals surface area contributed by atoms with E-state index in [2.05, 4.69) is 20.8 Å². The largest absolute Gasteiger partial charge is 0.388 e. The Morgan fingerprint density at radius 1 is 0.812 bits per heavy atom. The second-order valence-corrected chi connectivity index (χ2v) is 10.8. The highest BCUT2D eigenvalue weighted by atomic mass is 16.7. The molecule has 2 aliphatic carbocycles. The van der Waals surface area contributed by atoms with Crippen LogP contribution in [-0.4, -0.2) is 105 Å². The van der Waals surface area contributed by atoms with Crippen LogP contribution in [0.4, 0.5) is 0 Å². The van der Waals surface area contributed by atoms with Crippen LogP contribution in [0.3, 0.4) is 0 Å². The highest BCUT2D eigenvalue weighted by Crippen LogP contribution is 2.66. The second-order valence-electron chi connectivity index (χ2n) is 10.8. The zero-order valence-electron chi connectivity index (χ0n) is 19.1. The molecule has 2 heterocycles. The summed E-state index contributed by atoms with van der Waals surface area (Å²) in [6, 6.07) is 0. The van der Waals surface area contributed by atoms with E-state index in [1.165, 1.54) is 6.92 Å². The van der Waals surface area contributed by atoms with Crippen molar-refractivity contribution in [2.24, 2.45) is 16.7 Å². The average Bonchev–Trinajstić information content (AvgIpc) is 3.08. The highest BCUT2D eigenvalue weighted by molar-refractivity contribution is 5.11. The van der Waals surface area contributed by atoms with E-state index in [0.717, 1.165) is 19.3 Å². The van der Waals surface area contributed by atoms with Gasteiger partial charge in [-0.05, 0) is 42.9 Å². The number of ether oxygens (including phenoxy) is 4. The lowest BCUT2D eigenvalue weighted by Gasteiger charge is -2.45. The normalized spacial score (nSPS) is 55.3. The fourth-order valence-corrected chi connectivity index (χ4v) is 6.01. The van der Waals surface area contributed by atoms with E-state index >= 15 is 0 Å². The van der Waals surface area contributed by atoms with Crippen LogP contribution in [0.1, 0.15) is 47.0 Å². The van der Waals surface area contributed by atoms with Gasteiger partial charge in [0.15, 0.2) is 12.6 Å². The summed E-state index contributed by atoms with van der Waals surface area (Å²) >= 11 is 0. The Balaban J connectivity index is 1.40. The van der Waals surface area contributed by atoms with Crippen molar-refractivity contribution in [1.82, 2.24) is 0 Å². The van der Waals surface area contributed by atoms with Gasteiger partial charge in [0.1, 0.15) is 42.7 Å². The van der Waals surface area contributed by atoms with Crippen molar-refractivity contribution in [3.05, 3.63) is 0 Å². The van der Waals surface area contributed by atoms with Gasteiger partial charge in [0.05, 0.1) is 18.8 Å². The molecule has 0 aromatic rings. The van der Waals surface area contributed by atoms with Gasteiger partial charge in [-0.1, -0.05) is 20.8 Å². The van der Waals surface area contributed by atoms with Crippen molar-refractivity contribution >= 4 is 0 Å². The lowest BCUT2D eigenvalue weighted by atomic mass is 9.70. The molecule has 4 aliphatic rings. The van der Waals surface area contributed by atoms with Gasteiger partial charge in [-0.3, -0.25) is 0 Å². The van der Waals surface area contributed by atoms with Gasteiger partial charge in [-0.15, -0.1) is 0 Å². The molecular weight excluding hydrogens is 424 g/mol. The van der Waals surface area contributed by atoms with Crippen LogP contribution in [0, 0.1) is 16.7 Å². The van der Waals surface area contributed by atoms with Gasteiger partial charge < -0.3 is 49.6 Å². The summed E-state index contributed by atoms with van der Waals surface area (Å²) in [7, 11) is 0. The fourth-order valence-electron chi connectivity index (χ4n) is 6.01. The third-order valence-electron chi connectivity index (χ3n) is 8.91. The average molecular weight is 463 g/mol. The van der Waals surface area contributed by atoms with Crippen LogP contribution in [0.15, 0.2) is 0 Å². The molecule has 0 amide bonds. The molecule has 13 unspecified atom stereocenters. The molecule has 2 aliphatic heterocycles. The number of aliphatic hydroxyl groups excluding tert-OH is 6. The van der Waals surface area contributed by atoms with Crippen molar-refractivity contribution in [2.45, 2.75) is 114 Å². The SMILES string of the molecule is CC1OC(OCC2OC(OC3CC4CCC3(C)C4(C)C)C(O)C(O)C2O)C(O)C(O)C1O. The zero-order chi connectivity index (χ0) is 23.6. The molecule has 0 radical (unpaired) electrons. The van der Waals surface area contributed by atoms with Crippen LogP contribution in [-0.2, 0) is 18.9 Å². The number of aliphatic hydroxyl groups is 6. The highest BCUT2D eigenvalue weighted by Gasteiger charge is 2.63. The zero-order valence-corrected chi connectivity index (χ0v) is 19.1. The predicted octanol–water partition coefficient (Wildman–Crippen LogP) is -1.13. The summed E-state index contributed by atoms with van der Waals surface area (Å²) in [4.78, 5) is 0. The molecule has 186 valence electrons. The van der Waals surface area contributed by atoms with Crippen molar-refractivity contribution < 1.29 is 49.6 Å². The van der Waals surface area contributed by atoms with Crippen molar-refractivity contribution in [2.75, 3.05) is 6.61 Å². The lowest BCUT2D eigenvalue weighted by molar-refractivity contribution is -0.337. The first-order chi connectivity index (χ1) is 14.9. The minimum atomic E-state index is -1.51. The molecule has 4 rings (SSSR count). The molecule has 32 heavy (non-hydrogen) atoms. The van der Waals surface area contributed by atoms with Crippen molar-refractivity contribution in [3.63, 3.8) is 0 Å². The Hall–Kier alpha value is -0.400. The molecular formula is C22H38O10. The van der Waals surface area contributed by atoms with Crippen LogP contribution in [0.2, 0.25) is 0 Å². The molecule has 0 aromatic heterocycles. The summed E-state index contributed by atoms with van der Waals surface area (Å²) in [5, 5.41) is 61.2. The lowest BCUT2D eigenvalue weighted by Crippen LogP contribution is -2.61. The van der Waals surface area contributed by atoms with E-state index in [1.54, 1.807) is 0 Å². The number of rotatable bonds is 5. The van der Waals surface area contributed by atoms with Gasteiger partial charge >= 0.3 is 0 Å². The standard InChI is InChI=1S/C22H38O10/c1-9-13(23)15(25)17(27)19(30-9)29-8-11-14(24)16(26)18(28)20(31-11)32-12-7-10-5-6-22(12,4)21(10,2)3/h9-20,23-28H,5-8H2,1-4H3. The van der Waals surface area contributed by atoms with Crippen LogP contribution in [0.25, 0.3) is 0 Å². The molecule has 13 atom stereocenters. The molecule has 2 saturated heterocycles. The smallest absolute Gasteiger partial charge is 0.186 e. The quantitative estimate of drug-likeness (QED) is 0.295. The molecule has 2 saturated carbocycles. The number of hydrogen-bond acceptors (Lipinski definition) is 10. The Bertz CT molecular complexity index is 675. The van der Waals surface area contributed by atoms with Gasteiger partial charge in [0.2, 0.25) is 0 Å². The minimum Gasteiger partial charge on any atom is -0.388 e. The molecule has 0 aromatic carbocycles. The fraction of sp³-hybridized carbons (Fsp3) is 1.00. The number of hydrogen-bond donors (Lipinski definition) is 6. The monoisotopic (exact) mass is 462 g/mol. The molecule has 4 fully saturated rings. The van der Waals surface area contributed by atoms with E-state index in [9.17, 15) is 30.6 Å². The first-order valence-corrected chi connectivity index (χ1v) is 11.5. The summed E-state index contributed by atoms with van der Waals surface area (Å²) in [6.07, 6.45) is -10.0. The van der Waals surface area contributed by atoms with E-state index in [1.807, 2.05) is 0 Å². The minimum absolute atomic E-state index is 0.0824. The second kappa shape index (κ2) is 8.67. The van der Waals surface area contributed by atoms with Crippen LogP contribution < -0.4 is 0 Å². The first kappa shape index (κ1) is 24.7. The van der Waals surface area contributed by atoms with E-state index in [4.69, 9.17) is 18.9 Å². The molecule has 10 heteroatoms. The van der Waals surface area contributed by atoms with Gasteiger partial charge in [-0.2, -0.15) is 0 Å². The van der Waals surface area contributed by atoms with Gasteiger partial charge in [0.25, 0.3) is 0 Å². The maximum atomic E-state index is 10.5. The topological polar surface area (TPSA) is 158 Å². The third kappa shape index (κ3) is 3.82. The summed E-state index contributed by atoms with van der Waals surface area (Å²) < 4.78 is 22.9. The van der Waals surface area contributed by atoms with E-state index < -0.39 is 61.4 Å². The van der Waals surface area contributed by atoms with Gasteiger partial charge in [-0.25, -0.2) is 0 Å². The van der Waals surface area contributed by atoms with Crippen molar-refractivity contribution in [3.8, 4) is 0 Å². The molecule has 0 spiro atoms. The Labute approximate surface area is 188 Å². The summed E-state index contributed by atoms with van der Waals surface area (Å²) in [5.74, 6) is 0.515. The van der Waals surface area contributed by atoms with Crippen molar-refractivity contribution in [1.29, 1.82) is 0 Å². The first-order valence-electron chi connectivity index (χ1n) is 11.5. The number of fused-ring (bicyclic) bond motifs is 2. The molecule has 10 nitrogen and oxygen atoms in total. The Morgan fingerprint density at radius 2 is 1.44 bits per heavy atom. The van der Waals surface area contributed by atoms with Crippen LogP contribution in [0.5, 0.6) is 0 Å². The van der Waals surface area contributed by atoms with Crippen LogP contribution >= 0.6 is 0 Å². The maximum absolute atomic E-state index is 10.5. The summed E-state index contributed by atoms with van der Waals surface area (Å²) in [5.41, 5.74) is 0.00933. The Kier molecular flexibility index (Phi) is 6.70. The summed E-state index contributed by atoms with van der Waals surface area (Å²) in [6.45, 7) is 7.91.